The monoisotopic (exact) mass is 488 g/mol. The first kappa shape index (κ1) is 26.7. The van der Waals surface area contributed by atoms with Gasteiger partial charge in [-0.05, 0) is 88.0 Å². The number of aromatic carboxylic acids is 1. The topological polar surface area (TPSA) is 89.9 Å². The zero-order valence-electron chi connectivity index (χ0n) is 21.4. The number of esters is 2. The summed E-state index contributed by atoms with van der Waals surface area (Å²) in [4.78, 5) is 36.7. The normalized spacial score (nSPS) is 10.7. The second-order valence-electron chi connectivity index (χ2n) is 8.52. The maximum Gasteiger partial charge on any atom is 0.337 e. The van der Waals surface area contributed by atoms with E-state index in [1.165, 1.54) is 14.2 Å². The Bertz CT molecular complexity index is 1310. The number of carboxylic acids is 1. The highest BCUT2D eigenvalue weighted by Crippen LogP contribution is 2.38. The van der Waals surface area contributed by atoms with Crippen molar-refractivity contribution in [2.75, 3.05) is 14.2 Å². The SMILES string of the molecule is CCc1ccc(CC(=O)OC)c(-c2cc(C(=O)O)cc(-c3cc(C(=O)OC)ccc3CC)c2CC)c1. The summed E-state index contributed by atoms with van der Waals surface area (Å²) in [6.07, 6.45) is 2.18. The van der Waals surface area contributed by atoms with Crippen LogP contribution in [0.5, 0.6) is 0 Å². The summed E-state index contributed by atoms with van der Waals surface area (Å²) in [5.74, 6) is -1.88. The van der Waals surface area contributed by atoms with Crippen LogP contribution in [0.15, 0.2) is 48.5 Å². The van der Waals surface area contributed by atoms with Crippen LogP contribution in [-0.2, 0) is 40.0 Å². The van der Waals surface area contributed by atoms with E-state index in [1.807, 2.05) is 45.0 Å². The van der Waals surface area contributed by atoms with Gasteiger partial charge in [0.1, 0.15) is 0 Å². The smallest absolute Gasteiger partial charge is 0.337 e. The number of rotatable bonds is 9. The molecule has 6 heteroatoms. The number of aryl methyl sites for hydroxylation is 2. The first-order chi connectivity index (χ1) is 17.3. The van der Waals surface area contributed by atoms with Crippen molar-refractivity contribution in [3.05, 3.63) is 81.9 Å². The summed E-state index contributed by atoms with van der Waals surface area (Å²) >= 11 is 0. The Kier molecular flexibility index (Phi) is 8.64. The summed E-state index contributed by atoms with van der Waals surface area (Å²) in [5, 5.41) is 10.0. The molecule has 0 saturated carbocycles. The molecule has 0 unspecified atom stereocenters. The lowest BCUT2D eigenvalue weighted by Gasteiger charge is -2.20. The molecule has 0 aromatic heterocycles. The molecule has 0 saturated heterocycles. The van der Waals surface area contributed by atoms with Gasteiger partial charge >= 0.3 is 17.9 Å². The fraction of sp³-hybridized carbons (Fsp3) is 0.300. The summed E-state index contributed by atoms with van der Waals surface area (Å²) in [7, 11) is 2.68. The average molecular weight is 489 g/mol. The van der Waals surface area contributed by atoms with Crippen LogP contribution in [0.2, 0.25) is 0 Å². The van der Waals surface area contributed by atoms with E-state index in [4.69, 9.17) is 9.47 Å². The quantitative estimate of drug-likeness (QED) is 0.377. The molecule has 188 valence electrons. The molecule has 1 N–H and O–H groups in total. The molecular weight excluding hydrogens is 456 g/mol. The molecule has 0 aliphatic heterocycles. The largest absolute Gasteiger partial charge is 0.478 e. The Morgan fingerprint density at radius 3 is 1.83 bits per heavy atom. The third kappa shape index (κ3) is 5.48. The third-order valence-corrected chi connectivity index (χ3v) is 6.49. The van der Waals surface area contributed by atoms with E-state index < -0.39 is 11.9 Å². The van der Waals surface area contributed by atoms with Crippen LogP contribution < -0.4 is 0 Å². The van der Waals surface area contributed by atoms with Crippen molar-refractivity contribution in [1.82, 2.24) is 0 Å². The molecule has 3 rings (SSSR count). The number of methoxy groups -OCH3 is 2. The number of hydrogen-bond acceptors (Lipinski definition) is 5. The Morgan fingerprint density at radius 1 is 0.694 bits per heavy atom. The van der Waals surface area contributed by atoms with Crippen molar-refractivity contribution < 1.29 is 29.0 Å². The van der Waals surface area contributed by atoms with E-state index in [0.29, 0.717) is 18.4 Å². The summed E-state index contributed by atoms with van der Waals surface area (Å²) < 4.78 is 9.84. The van der Waals surface area contributed by atoms with Crippen LogP contribution in [0, 0.1) is 0 Å². The molecule has 0 amide bonds. The summed E-state index contributed by atoms with van der Waals surface area (Å²) in [5.41, 5.74) is 7.41. The summed E-state index contributed by atoms with van der Waals surface area (Å²) in [6, 6.07) is 14.6. The van der Waals surface area contributed by atoms with Crippen LogP contribution in [0.1, 0.15) is 63.7 Å². The second-order valence-corrected chi connectivity index (χ2v) is 8.52. The number of ether oxygens (including phenoxy) is 2. The maximum absolute atomic E-state index is 12.3. The molecule has 0 radical (unpaired) electrons. The fourth-order valence-electron chi connectivity index (χ4n) is 4.51. The molecule has 3 aromatic carbocycles. The Hall–Kier alpha value is -3.93. The van der Waals surface area contributed by atoms with Crippen LogP contribution in [0.3, 0.4) is 0 Å². The Balaban J connectivity index is 2.41. The molecule has 3 aromatic rings. The van der Waals surface area contributed by atoms with Crippen LogP contribution >= 0.6 is 0 Å². The van der Waals surface area contributed by atoms with E-state index in [1.54, 1.807) is 24.3 Å². The first-order valence-electron chi connectivity index (χ1n) is 12.1. The molecule has 0 fully saturated rings. The fourth-order valence-corrected chi connectivity index (χ4v) is 4.51. The van der Waals surface area contributed by atoms with Gasteiger partial charge < -0.3 is 14.6 Å². The van der Waals surface area contributed by atoms with Gasteiger partial charge in [0.05, 0.1) is 31.8 Å². The van der Waals surface area contributed by atoms with Crippen LogP contribution in [-0.4, -0.2) is 37.2 Å². The van der Waals surface area contributed by atoms with Gasteiger partial charge in [-0.25, -0.2) is 9.59 Å². The highest BCUT2D eigenvalue weighted by Gasteiger charge is 2.21. The van der Waals surface area contributed by atoms with Crippen LogP contribution in [0.25, 0.3) is 22.3 Å². The lowest BCUT2D eigenvalue weighted by molar-refractivity contribution is -0.139. The number of carbonyl (C=O) groups excluding carboxylic acids is 2. The number of carbonyl (C=O) groups is 3. The minimum atomic E-state index is -1.05. The predicted molar refractivity (Wildman–Crippen MR) is 139 cm³/mol. The minimum Gasteiger partial charge on any atom is -0.478 e. The molecule has 0 aliphatic rings. The Morgan fingerprint density at radius 2 is 1.31 bits per heavy atom. The van der Waals surface area contributed by atoms with Gasteiger partial charge in [-0.2, -0.15) is 0 Å². The molecular formula is C30H32O6. The van der Waals surface area contributed by atoms with Crippen molar-refractivity contribution in [3.8, 4) is 22.3 Å². The van der Waals surface area contributed by atoms with Crippen molar-refractivity contribution in [3.63, 3.8) is 0 Å². The van der Waals surface area contributed by atoms with Gasteiger partial charge in [-0.15, -0.1) is 0 Å². The van der Waals surface area contributed by atoms with Crippen molar-refractivity contribution in [2.24, 2.45) is 0 Å². The molecule has 0 heterocycles. The zero-order chi connectivity index (χ0) is 26.4. The number of benzene rings is 3. The van der Waals surface area contributed by atoms with E-state index >= 15 is 0 Å². The average Bonchev–Trinajstić information content (AvgIpc) is 2.91. The molecule has 6 nitrogen and oxygen atoms in total. The predicted octanol–water partition coefficient (Wildman–Crippen LogP) is 5.91. The van der Waals surface area contributed by atoms with Crippen molar-refractivity contribution >= 4 is 17.9 Å². The van der Waals surface area contributed by atoms with Gasteiger partial charge in [0.25, 0.3) is 0 Å². The lowest BCUT2D eigenvalue weighted by Crippen LogP contribution is -2.08. The first-order valence-corrected chi connectivity index (χ1v) is 12.1. The van der Waals surface area contributed by atoms with Gasteiger partial charge in [0.2, 0.25) is 0 Å². The van der Waals surface area contributed by atoms with E-state index in [0.717, 1.165) is 50.9 Å². The maximum atomic E-state index is 12.3. The van der Waals surface area contributed by atoms with Gasteiger partial charge in [0, 0.05) is 0 Å². The van der Waals surface area contributed by atoms with E-state index in [9.17, 15) is 19.5 Å². The van der Waals surface area contributed by atoms with Gasteiger partial charge in [-0.3, -0.25) is 4.79 Å². The van der Waals surface area contributed by atoms with Crippen LogP contribution in [0.4, 0.5) is 0 Å². The van der Waals surface area contributed by atoms with Gasteiger partial charge in [0.15, 0.2) is 0 Å². The highest BCUT2D eigenvalue weighted by molar-refractivity contribution is 5.96. The Labute approximate surface area is 211 Å². The van der Waals surface area contributed by atoms with E-state index in [-0.39, 0.29) is 18.0 Å². The minimum absolute atomic E-state index is 0.0731. The zero-order valence-corrected chi connectivity index (χ0v) is 21.4. The third-order valence-electron chi connectivity index (χ3n) is 6.49. The summed E-state index contributed by atoms with van der Waals surface area (Å²) in [6.45, 7) is 6.08. The second kappa shape index (κ2) is 11.7. The highest BCUT2D eigenvalue weighted by atomic mass is 16.5. The van der Waals surface area contributed by atoms with Gasteiger partial charge in [-0.1, -0.05) is 45.0 Å². The number of hydrogen-bond donors (Lipinski definition) is 1. The molecule has 0 spiro atoms. The standard InChI is InChI=1S/C30H32O6/c1-6-18-9-10-20(17-28(31)35-4)24(13-18)26-15-22(29(32)33)16-27(23(26)8-3)25-14-21(30(34)36-5)12-11-19(25)7-2/h9-16H,6-8,17H2,1-5H3,(H,32,33). The number of carboxylic acid groups (broad SMARTS) is 1. The molecule has 0 atom stereocenters. The molecule has 0 bridgehead atoms. The molecule has 0 aliphatic carbocycles. The lowest BCUT2D eigenvalue weighted by atomic mass is 9.83. The van der Waals surface area contributed by atoms with Crippen molar-refractivity contribution in [1.29, 1.82) is 0 Å². The molecule has 36 heavy (non-hydrogen) atoms. The van der Waals surface area contributed by atoms with E-state index in [2.05, 4.69) is 0 Å². The van der Waals surface area contributed by atoms with Crippen molar-refractivity contribution in [2.45, 2.75) is 46.5 Å².